The first-order chi connectivity index (χ1) is 6.25. The molecule has 0 aliphatic carbocycles. The number of benzene rings is 1. The van der Waals surface area contributed by atoms with Gasteiger partial charge in [0.15, 0.2) is 0 Å². The molecule has 1 saturated heterocycles. The van der Waals surface area contributed by atoms with Crippen LogP contribution in [0.4, 0.5) is 0 Å². The SMILES string of the molecule is CC(C)Oc1ccc([C@H]2CN2)cc1. The summed E-state index contributed by atoms with van der Waals surface area (Å²) in [6.45, 7) is 5.19. The molecule has 0 amide bonds. The molecule has 0 aromatic heterocycles. The number of rotatable bonds is 3. The molecule has 1 N–H and O–H groups in total. The highest BCUT2D eigenvalue weighted by Gasteiger charge is 2.21. The molecule has 0 unspecified atom stereocenters. The van der Waals surface area contributed by atoms with Crippen molar-refractivity contribution in [2.24, 2.45) is 0 Å². The van der Waals surface area contributed by atoms with Gasteiger partial charge in [-0.2, -0.15) is 0 Å². The van der Waals surface area contributed by atoms with Crippen molar-refractivity contribution in [1.82, 2.24) is 5.32 Å². The highest BCUT2D eigenvalue weighted by molar-refractivity contribution is 5.31. The molecular formula is C11H15NO. The standard InChI is InChI=1S/C11H15NO/c1-8(2)13-10-5-3-9(4-6-10)11-7-12-11/h3-6,8,11-12H,7H2,1-2H3/t11-/m1/s1. The van der Waals surface area contributed by atoms with E-state index in [1.165, 1.54) is 5.56 Å². The van der Waals surface area contributed by atoms with E-state index in [2.05, 4.69) is 17.4 Å². The monoisotopic (exact) mass is 177 g/mol. The summed E-state index contributed by atoms with van der Waals surface area (Å²) in [7, 11) is 0. The lowest BCUT2D eigenvalue weighted by molar-refractivity contribution is 0.242. The van der Waals surface area contributed by atoms with Gasteiger partial charge in [-0.25, -0.2) is 0 Å². The topological polar surface area (TPSA) is 31.2 Å². The van der Waals surface area contributed by atoms with Crippen LogP contribution < -0.4 is 10.1 Å². The first-order valence-corrected chi connectivity index (χ1v) is 4.76. The van der Waals surface area contributed by atoms with Crippen molar-refractivity contribution in [3.63, 3.8) is 0 Å². The Labute approximate surface area is 78.9 Å². The van der Waals surface area contributed by atoms with Gasteiger partial charge in [-0.05, 0) is 31.5 Å². The summed E-state index contributed by atoms with van der Waals surface area (Å²) in [5.74, 6) is 0.958. The van der Waals surface area contributed by atoms with E-state index in [9.17, 15) is 0 Å². The Morgan fingerprint density at radius 1 is 1.31 bits per heavy atom. The maximum atomic E-state index is 5.55. The average molecular weight is 177 g/mol. The normalized spacial score (nSPS) is 20.4. The maximum Gasteiger partial charge on any atom is 0.119 e. The van der Waals surface area contributed by atoms with Crippen LogP contribution in [0.1, 0.15) is 25.5 Å². The summed E-state index contributed by atoms with van der Waals surface area (Å²) < 4.78 is 5.55. The van der Waals surface area contributed by atoms with Gasteiger partial charge in [0.1, 0.15) is 5.75 Å². The molecule has 1 heterocycles. The van der Waals surface area contributed by atoms with Gasteiger partial charge in [-0.15, -0.1) is 0 Å². The molecule has 2 rings (SSSR count). The Balaban J connectivity index is 2.04. The van der Waals surface area contributed by atoms with E-state index in [-0.39, 0.29) is 6.10 Å². The largest absolute Gasteiger partial charge is 0.491 e. The third-order valence-corrected chi connectivity index (χ3v) is 2.06. The van der Waals surface area contributed by atoms with E-state index < -0.39 is 0 Å². The van der Waals surface area contributed by atoms with Crippen molar-refractivity contribution in [2.45, 2.75) is 26.0 Å². The summed E-state index contributed by atoms with van der Waals surface area (Å²) in [6, 6.07) is 8.92. The van der Waals surface area contributed by atoms with Crippen molar-refractivity contribution in [3.05, 3.63) is 29.8 Å². The lowest BCUT2D eigenvalue weighted by atomic mass is 10.1. The second-order valence-electron chi connectivity index (χ2n) is 3.70. The van der Waals surface area contributed by atoms with Crippen molar-refractivity contribution < 1.29 is 4.74 Å². The van der Waals surface area contributed by atoms with Crippen LogP contribution in [0.15, 0.2) is 24.3 Å². The van der Waals surface area contributed by atoms with Gasteiger partial charge >= 0.3 is 0 Å². The molecule has 1 atom stereocenters. The van der Waals surface area contributed by atoms with Gasteiger partial charge in [-0.3, -0.25) is 0 Å². The van der Waals surface area contributed by atoms with Gasteiger partial charge < -0.3 is 10.1 Å². The first-order valence-electron chi connectivity index (χ1n) is 4.76. The molecule has 0 bridgehead atoms. The van der Waals surface area contributed by atoms with Gasteiger partial charge in [0.25, 0.3) is 0 Å². The number of ether oxygens (including phenoxy) is 1. The predicted octanol–water partition coefficient (Wildman–Crippen LogP) is 2.12. The van der Waals surface area contributed by atoms with E-state index in [0.29, 0.717) is 6.04 Å². The molecule has 1 fully saturated rings. The molecule has 13 heavy (non-hydrogen) atoms. The zero-order valence-corrected chi connectivity index (χ0v) is 8.08. The molecule has 1 aliphatic rings. The summed E-state index contributed by atoms with van der Waals surface area (Å²) in [4.78, 5) is 0. The molecule has 2 nitrogen and oxygen atoms in total. The summed E-state index contributed by atoms with van der Waals surface area (Å²) in [6.07, 6.45) is 0.255. The van der Waals surface area contributed by atoms with Gasteiger partial charge in [0, 0.05) is 12.6 Å². The minimum Gasteiger partial charge on any atom is -0.491 e. The average Bonchev–Trinajstić information content (AvgIpc) is 2.87. The van der Waals surface area contributed by atoms with Crippen LogP contribution >= 0.6 is 0 Å². The Hall–Kier alpha value is -1.02. The van der Waals surface area contributed by atoms with Gasteiger partial charge in [0.05, 0.1) is 6.10 Å². The third kappa shape index (κ3) is 2.22. The van der Waals surface area contributed by atoms with Crippen LogP contribution in [-0.2, 0) is 0 Å². The maximum absolute atomic E-state index is 5.55. The summed E-state index contributed by atoms with van der Waals surface area (Å²) in [5, 5.41) is 3.27. The van der Waals surface area contributed by atoms with Crippen LogP contribution in [0.25, 0.3) is 0 Å². The zero-order chi connectivity index (χ0) is 9.26. The Bertz CT molecular complexity index is 275. The molecule has 0 radical (unpaired) electrons. The zero-order valence-electron chi connectivity index (χ0n) is 8.08. The predicted molar refractivity (Wildman–Crippen MR) is 52.9 cm³/mol. The van der Waals surface area contributed by atoms with Crippen molar-refractivity contribution in [3.8, 4) is 5.75 Å². The molecule has 0 spiro atoms. The molecule has 1 aromatic rings. The Morgan fingerprint density at radius 2 is 1.92 bits per heavy atom. The fourth-order valence-electron chi connectivity index (χ4n) is 1.35. The highest BCUT2D eigenvalue weighted by Crippen LogP contribution is 2.23. The van der Waals surface area contributed by atoms with Crippen molar-refractivity contribution >= 4 is 0 Å². The summed E-state index contributed by atoms with van der Waals surface area (Å²) >= 11 is 0. The highest BCUT2D eigenvalue weighted by atomic mass is 16.5. The Morgan fingerprint density at radius 3 is 2.38 bits per heavy atom. The second kappa shape index (κ2) is 3.38. The fraction of sp³-hybridized carbons (Fsp3) is 0.455. The van der Waals surface area contributed by atoms with Crippen LogP contribution in [0.3, 0.4) is 0 Å². The van der Waals surface area contributed by atoms with Crippen molar-refractivity contribution in [1.29, 1.82) is 0 Å². The summed E-state index contributed by atoms with van der Waals surface area (Å²) in [5.41, 5.74) is 1.36. The van der Waals surface area contributed by atoms with E-state index in [1.54, 1.807) is 0 Å². The van der Waals surface area contributed by atoms with Gasteiger partial charge in [-0.1, -0.05) is 12.1 Å². The van der Waals surface area contributed by atoms with E-state index in [4.69, 9.17) is 4.74 Å². The Kier molecular flexibility index (Phi) is 2.23. The lowest BCUT2D eigenvalue weighted by Crippen LogP contribution is -2.05. The molecule has 1 aliphatic heterocycles. The molecular weight excluding hydrogens is 162 g/mol. The molecule has 70 valence electrons. The van der Waals surface area contributed by atoms with E-state index in [0.717, 1.165) is 12.3 Å². The van der Waals surface area contributed by atoms with E-state index in [1.807, 2.05) is 26.0 Å². The molecule has 0 saturated carbocycles. The van der Waals surface area contributed by atoms with Gasteiger partial charge in [0.2, 0.25) is 0 Å². The smallest absolute Gasteiger partial charge is 0.119 e. The quantitative estimate of drug-likeness (QED) is 0.717. The van der Waals surface area contributed by atoms with Crippen LogP contribution in [-0.4, -0.2) is 12.6 Å². The third-order valence-electron chi connectivity index (χ3n) is 2.06. The fourth-order valence-corrected chi connectivity index (χ4v) is 1.35. The molecule has 1 aromatic carbocycles. The number of nitrogens with one attached hydrogen (secondary N) is 1. The van der Waals surface area contributed by atoms with Crippen LogP contribution in [0, 0.1) is 0 Å². The number of hydrogen-bond acceptors (Lipinski definition) is 2. The minimum absolute atomic E-state index is 0.255. The van der Waals surface area contributed by atoms with Crippen molar-refractivity contribution in [2.75, 3.05) is 6.54 Å². The molecule has 2 heteroatoms. The number of hydrogen-bond donors (Lipinski definition) is 1. The van der Waals surface area contributed by atoms with Crippen LogP contribution in [0.2, 0.25) is 0 Å². The van der Waals surface area contributed by atoms with E-state index >= 15 is 0 Å². The minimum atomic E-state index is 0.255. The second-order valence-corrected chi connectivity index (χ2v) is 3.70. The lowest BCUT2D eigenvalue weighted by Gasteiger charge is -2.09. The van der Waals surface area contributed by atoms with Crippen LogP contribution in [0.5, 0.6) is 5.75 Å². The first kappa shape index (κ1) is 8.57.